The zero-order valence-electron chi connectivity index (χ0n) is 13.9. The molecule has 0 amide bonds. The van der Waals surface area contributed by atoms with Crippen LogP contribution in [0.15, 0.2) is 36.4 Å². The molecule has 0 fully saturated rings. The third-order valence-corrected chi connectivity index (χ3v) is 3.54. The lowest BCUT2D eigenvalue weighted by Gasteiger charge is -2.15. The van der Waals surface area contributed by atoms with Crippen LogP contribution < -0.4 is 24.7 Å². The molecule has 0 aliphatic rings. The van der Waals surface area contributed by atoms with Crippen LogP contribution in [0.4, 0.5) is 0 Å². The summed E-state index contributed by atoms with van der Waals surface area (Å²) in [6.45, 7) is 3.47. The van der Waals surface area contributed by atoms with Crippen molar-refractivity contribution in [1.29, 1.82) is 0 Å². The maximum absolute atomic E-state index is 6.27. The number of methoxy groups -OCH3 is 1. The highest BCUT2D eigenvalue weighted by atomic mass is 35.5. The van der Waals surface area contributed by atoms with Gasteiger partial charge in [0, 0.05) is 6.54 Å². The molecule has 0 saturated heterocycles. The molecule has 0 bridgehead atoms. The van der Waals surface area contributed by atoms with Crippen LogP contribution in [0.3, 0.4) is 0 Å². The molecule has 0 radical (unpaired) electrons. The van der Waals surface area contributed by atoms with Crippen LogP contribution in [-0.4, -0.2) is 26.9 Å². The molecule has 0 atom stereocenters. The number of hydrogen-bond acceptors (Lipinski definition) is 5. The van der Waals surface area contributed by atoms with Crippen LogP contribution in [0.1, 0.15) is 12.5 Å². The number of rotatable bonds is 9. The lowest BCUT2D eigenvalue weighted by Crippen LogP contribution is -2.11. The Bertz CT molecular complexity index is 663. The van der Waals surface area contributed by atoms with Gasteiger partial charge in [-0.3, -0.25) is 0 Å². The van der Waals surface area contributed by atoms with Crippen molar-refractivity contribution in [2.75, 3.05) is 26.9 Å². The fourth-order valence-corrected chi connectivity index (χ4v) is 2.46. The lowest BCUT2D eigenvalue weighted by molar-refractivity contribution is 0.203. The van der Waals surface area contributed by atoms with Crippen molar-refractivity contribution in [3.63, 3.8) is 0 Å². The van der Waals surface area contributed by atoms with Gasteiger partial charge in [0.2, 0.25) is 0 Å². The molecule has 2 aromatic rings. The zero-order chi connectivity index (χ0) is 17.4. The van der Waals surface area contributed by atoms with Crippen LogP contribution >= 0.6 is 11.6 Å². The molecule has 0 aliphatic heterocycles. The fraction of sp³-hybridized carbons (Fsp3) is 0.333. The first kappa shape index (κ1) is 18.2. The summed E-state index contributed by atoms with van der Waals surface area (Å²) >= 11 is 6.27. The Morgan fingerprint density at radius 3 is 2.33 bits per heavy atom. The van der Waals surface area contributed by atoms with Crippen molar-refractivity contribution in [1.82, 2.24) is 0 Å². The molecular formula is C18H22ClNO4. The summed E-state index contributed by atoms with van der Waals surface area (Å²) in [5, 5.41) is 0.471. The minimum Gasteiger partial charge on any atom is -0.493 e. The van der Waals surface area contributed by atoms with Crippen LogP contribution in [0.25, 0.3) is 0 Å². The van der Waals surface area contributed by atoms with Crippen LogP contribution in [-0.2, 0) is 6.54 Å². The largest absolute Gasteiger partial charge is 0.493 e. The van der Waals surface area contributed by atoms with Gasteiger partial charge in [-0.1, -0.05) is 23.7 Å². The summed E-state index contributed by atoms with van der Waals surface area (Å²) in [5.74, 6) is 2.43. The van der Waals surface area contributed by atoms with Gasteiger partial charge in [-0.25, -0.2) is 0 Å². The highest BCUT2D eigenvalue weighted by Gasteiger charge is 2.12. The summed E-state index contributed by atoms with van der Waals surface area (Å²) in [6.07, 6.45) is 0. The summed E-state index contributed by atoms with van der Waals surface area (Å²) in [7, 11) is 1.60. The summed E-state index contributed by atoms with van der Waals surface area (Å²) < 4.78 is 22.3. The van der Waals surface area contributed by atoms with Crippen LogP contribution in [0.5, 0.6) is 23.0 Å². The number of ether oxygens (including phenoxy) is 4. The number of nitrogens with two attached hydrogens (primary N) is 1. The second-order valence-electron chi connectivity index (χ2n) is 4.89. The van der Waals surface area contributed by atoms with E-state index in [0.717, 1.165) is 5.56 Å². The Morgan fingerprint density at radius 2 is 1.67 bits per heavy atom. The zero-order valence-corrected chi connectivity index (χ0v) is 14.6. The van der Waals surface area contributed by atoms with Crippen molar-refractivity contribution in [2.45, 2.75) is 13.5 Å². The predicted molar refractivity (Wildman–Crippen MR) is 94.5 cm³/mol. The van der Waals surface area contributed by atoms with E-state index in [1.807, 2.05) is 37.3 Å². The fourth-order valence-electron chi connectivity index (χ4n) is 2.18. The first-order chi connectivity index (χ1) is 11.7. The van der Waals surface area contributed by atoms with E-state index in [1.54, 1.807) is 13.2 Å². The average molecular weight is 352 g/mol. The van der Waals surface area contributed by atoms with E-state index in [2.05, 4.69) is 0 Å². The van der Waals surface area contributed by atoms with Gasteiger partial charge in [0.1, 0.15) is 13.2 Å². The van der Waals surface area contributed by atoms with Gasteiger partial charge in [0.15, 0.2) is 23.0 Å². The van der Waals surface area contributed by atoms with Crippen molar-refractivity contribution < 1.29 is 18.9 Å². The van der Waals surface area contributed by atoms with Gasteiger partial charge in [-0.05, 0) is 36.8 Å². The topological polar surface area (TPSA) is 62.9 Å². The molecule has 2 aromatic carbocycles. The Hall–Kier alpha value is -2.11. The molecule has 0 spiro atoms. The molecular weight excluding hydrogens is 330 g/mol. The summed E-state index contributed by atoms with van der Waals surface area (Å²) in [4.78, 5) is 0. The highest BCUT2D eigenvalue weighted by Crippen LogP contribution is 2.36. The highest BCUT2D eigenvalue weighted by molar-refractivity contribution is 6.32. The Balaban J connectivity index is 1.99. The SMILES string of the molecule is CCOc1cc(CN)cc(Cl)c1OCCOc1ccccc1OC. The van der Waals surface area contributed by atoms with Crippen LogP contribution in [0.2, 0.25) is 5.02 Å². The van der Waals surface area contributed by atoms with E-state index < -0.39 is 0 Å². The molecule has 0 unspecified atom stereocenters. The summed E-state index contributed by atoms with van der Waals surface area (Å²) in [5.41, 5.74) is 6.55. The normalized spacial score (nSPS) is 10.3. The standard InChI is InChI=1S/C18H22ClNO4/c1-3-22-17-11-13(12-20)10-14(19)18(17)24-9-8-23-16-7-5-4-6-15(16)21-2/h4-7,10-11H,3,8-9,12,20H2,1-2H3. The third-order valence-electron chi connectivity index (χ3n) is 3.26. The smallest absolute Gasteiger partial charge is 0.179 e. The lowest BCUT2D eigenvalue weighted by atomic mass is 10.2. The maximum atomic E-state index is 6.27. The molecule has 130 valence electrons. The Kier molecular flexibility index (Phi) is 7.03. The van der Waals surface area contributed by atoms with Gasteiger partial charge in [0.25, 0.3) is 0 Å². The molecule has 2 rings (SSSR count). The minimum atomic E-state index is 0.319. The van der Waals surface area contributed by atoms with E-state index in [4.69, 9.17) is 36.3 Å². The molecule has 5 nitrogen and oxygen atoms in total. The number of halogens is 1. The van der Waals surface area contributed by atoms with E-state index in [1.165, 1.54) is 0 Å². The first-order valence-corrected chi connectivity index (χ1v) is 8.11. The molecule has 0 heterocycles. The molecule has 2 N–H and O–H groups in total. The Morgan fingerprint density at radius 1 is 0.958 bits per heavy atom. The van der Waals surface area contributed by atoms with Gasteiger partial charge < -0.3 is 24.7 Å². The van der Waals surface area contributed by atoms with Gasteiger partial charge in [0.05, 0.1) is 18.7 Å². The molecule has 24 heavy (non-hydrogen) atoms. The predicted octanol–water partition coefficient (Wildman–Crippen LogP) is 3.66. The monoisotopic (exact) mass is 351 g/mol. The van der Waals surface area contributed by atoms with E-state index in [-0.39, 0.29) is 0 Å². The number of para-hydroxylation sites is 2. The average Bonchev–Trinajstić information content (AvgIpc) is 2.60. The maximum Gasteiger partial charge on any atom is 0.179 e. The second kappa shape index (κ2) is 9.25. The second-order valence-corrected chi connectivity index (χ2v) is 5.30. The minimum absolute atomic E-state index is 0.319. The third kappa shape index (κ3) is 4.69. The Labute approximate surface area is 147 Å². The molecule has 0 aliphatic carbocycles. The van der Waals surface area contributed by atoms with Crippen LogP contribution in [0, 0.1) is 0 Å². The van der Waals surface area contributed by atoms with Crippen molar-refractivity contribution >= 4 is 11.6 Å². The molecule has 0 aromatic heterocycles. The van der Waals surface area contributed by atoms with Gasteiger partial charge in [-0.2, -0.15) is 0 Å². The number of hydrogen-bond donors (Lipinski definition) is 1. The first-order valence-electron chi connectivity index (χ1n) is 7.73. The van der Waals surface area contributed by atoms with Crippen molar-refractivity contribution in [3.8, 4) is 23.0 Å². The summed E-state index contributed by atoms with van der Waals surface area (Å²) in [6, 6.07) is 11.1. The van der Waals surface area contributed by atoms with Crippen molar-refractivity contribution in [3.05, 3.63) is 47.0 Å². The van der Waals surface area contributed by atoms with Crippen molar-refractivity contribution in [2.24, 2.45) is 5.73 Å². The number of benzene rings is 2. The van der Waals surface area contributed by atoms with Gasteiger partial charge in [-0.15, -0.1) is 0 Å². The van der Waals surface area contributed by atoms with Gasteiger partial charge >= 0.3 is 0 Å². The quantitative estimate of drug-likeness (QED) is 0.698. The molecule has 6 heteroatoms. The van der Waals surface area contributed by atoms with E-state index in [0.29, 0.717) is 54.4 Å². The molecule has 0 saturated carbocycles. The van der Waals surface area contributed by atoms with E-state index in [9.17, 15) is 0 Å². The van der Waals surface area contributed by atoms with E-state index >= 15 is 0 Å².